The Hall–Kier alpha value is -5.70. The van der Waals surface area contributed by atoms with Gasteiger partial charge in [0.1, 0.15) is 11.2 Å². The average molecular weight is 605 g/mol. The molecule has 0 N–H and O–H groups in total. The van der Waals surface area contributed by atoms with Gasteiger partial charge in [-0.25, -0.2) is 0 Å². The zero-order valence-corrected chi connectivity index (χ0v) is 25.8. The summed E-state index contributed by atoms with van der Waals surface area (Å²) in [4.78, 5) is 2.56. The van der Waals surface area contributed by atoms with Gasteiger partial charge < -0.3 is 4.42 Å². The lowest BCUT2D eigenvalue weighted by atomic mass is 9.88. The molecule has 0 bridgehead atoms. The van der Waals surface area contributed by atoms with Gasteiger partial charge in [-0.1, -0.05) is 164 Å². The van der Waals surface area contributed by atoms with Crippen LogP contribution in [0.15, 0.2) is 174 Å². The predicted molar refractivity (Wildman–Crippen MR) is 196 cm³/mol. The predicted octanol–water partition coefficient (Wildman–Crippen LogP) is 13.1. The van der Waals surface area contributed by atoms with Crippen LogP contribution in [-0.4, -0.2) is 0 Å². The first kappa shape index (κ1) is 26.7. The zero-order valence-electron chi connectivity index (χ0n) is 25.0. The van der Waals surface area contributed by atoms with Gasteiger partial charge >= 0.3 is 0 Å². The van der Waals surface area contributed by atoms with E-state index in [0.717, 1.165) is 33.1 Å². The van der Waals surface area contributed by atoms with E-state index in [1.165, 1.54) is 53.9 Å². The van der Waals surface area contributed by atoms with E-state index < -0.39 is 0 Å². The van der Waals surface area contributed by atoms with E-state index in [1.54, 1.807) is 0 Å². The first-order chi connectivity index (χ1) is 22.8. The highest BCUT2D eigenvalue weighted by atomic mass is 32.1. The van der Waals surface area contributed by atoms with Crippen LogP contribution in [-0.2, 0) is 0 Å². The smallest absolute Gasteiger partial charge is 0.143 e. The summed E-state index contributed by atoms with van der Waals surface area (Å²) in [6, 6.07) is 60.7. The fourth-order valence-electron chi connectivity index (χ4n) is 6.88. The second kappa shape index (κ2) is 11.0. The SMILES string of the molecule is c1ccc(-c2ccccc2-c2sc(-c3cccc(-c4cccc5c4oc4ccccc45)c3-c3ccccc3)c3ccccc23)cc1. The zero-order chi connectivity index (χ0) is 30.5. The average Bonchev–Trinajstić information content (AvgIpc) is 3.71. The fourth-order valence-corrected chi connectivity index (χ4v) is 8.23. The van der Waals surface area contributed by atoms with Crippen molar-refractivity contribution in [1.29, 1.82) is 0 Å². The van der Waals surface area contributed by atoms with E-state index in [1.807, 2.05) is 17.4 Å². The molecule has 0 spiro atoms. The Kier molecular flexibility index (Phi) is 6.40. The second-order valence-electron chi connectivity index (χ2n) is 11.6. The van der Waals surface area contributed by atoms with E-state index in [4.69, 9.17) is 4.42 Å². The number of hydrogen-bond donors (Lipinski definition) is 0. The molecule has 0 unspecified atom stereocenters. The molecule has 0 amide bonds. The van der Waals surface area contributed by atoms with Crippen LogP contribution >= 0.6 is 11.3 Å². The van der Waals surface area contributed by atoms with Gasteiger partial charge in [0, 0.05) is 48.0 Å². The highest BCUT2D eigenvalue weighted by Crippen LogP contribution is 2.51. The molecule has 0 saturated heterocycles. The molecule has 216 valence electrons. The summed E-state index contributed by atoms with van der Waals surface area (Å²) in [6.07, 6.45) is 0. The summed E-state index contributed by atoms with van der Waals surface area (Å²) >= 11 is 1.88. The maximum Gasteiger partial charge on any atom is 0.143 e. The van der Waals surface area contributed by atoms with Crippen LogP contribution < -0.4 is 0 Å². The molecule has 9 aromatic rings. The molecule has 2 heteroatoms. The van der Waals surface area contributed by atoms with E-state index in [2.05, 4.69) is 164 Å². The van der Waals surface area contributed by atoms with Gasteiger partial charge in [0.25, 0.3) is 0 Å². The maximum absolute atomic E-state index is 6.56. The largest absolute Gasteiger partial charge is 0.455 e. The van der Waals surface area contributed by atoms with Crippen molar-refractivity contribution >= 4 is 44.0 Å². The molecule has 0 fully saturated rings. The van der Waals surface area contributed by atoms with Crippen LogP contribution in [0.25, 0.3) is 87.0 Å². The minimum absolute atomic E-state index is 0.910. The van der Waals surface area contributed by atoms with Crippen LogP contribution in [0.4, 0.5) is 0 Å². The molecule has 7 aromatic carbocycles. The Labute approximate surface area is 271 Å². The number of fused-ring (bicyclic) bond motifs is 4. The topological polar surface area (TPSA) is 13.1 Å². The molecule has 9 rings (SSSR count). The molecule has 46 heavy (non-hydrogen) atoms. The van der Waals surface area contributed by atoms with Crippen molar-refractivity contribution in [2.75, 3.05) is 0 Å². The van der Waals surface area contributed by atoms with Crippen LogP contribution in [0.2, 0.25) is 0 Å². The summed E-state index contributed by atoms with van der Waals surface area (Å²) in [6.45, 7) is 0. The van der Waals surface area contributed by atoms with Gasteiger partial charge in [0.15, 0.2) is 0 Å². The lowest BCUT2D eigenvalue weighted by Gasteiger charge is -2.16. The lowest BCUT2D eigenvalue weighted by Crippen LogP contribution is -1.90. The number of benzene rings is 7. The van der Waals surface area contributed by atoms with Gasteiger partial charge in [0.05, 0.1) is 0 Å². The molecular weight excluding hydrogens is 577 g/mol. The quantitative estimate of drug-likeness (QED) is 0.190. The Morgan fingerprint density at radius 2 is 0.826 bits per heavy atom. The number of thiophene rings is 1. The number of rotatable bonds is 5. The Morgan fingerprint density at radius 1 is 0.326 bits per heavy atom. The fraction of sp³-hybridized carbons (Fsp3) is 0. The van der Waals surface area contributed by atoms with Crippen molar-refractivity contribution in [2.24, 2.45) is 0 Å². The standard InChI is InChI=1S/C44H28OS/c1-3-15-29(16-4-1)31-19-7-8-21-36(31)43-37-22-9-10-23-38(37)44(46-43)39-27-13-24-33(41(39)30-17-5-2-6-18-30)35-26-14-25-34-32-20-11-12-28-40(32)45-42(34)35/h1-28H. The van der Waals surface area contributed by atoms with E-state index in [-0.39, 0.29) is 0 Å². The molecule has 0 atom stereocenters. The van der Waals surface area contributed by atoms with Gasteiger partial charge in [0.2, 0.25) is 0 Å². The number of hydrogen-bond acceptors (Lipinski definition) is 2. The first-order valence-electron chi connectivity index (χ1n) is 15.6. The third kappa shape index (κ3) is 4.30. The first-order valence-corrected chi connectivity index (χ1v) is 16.4. The monoisotopic (exact) mass is 604 g/mol. The Bertz CT molecular complexity index is 2520. The van der Waals surface area contributed by atoms with Crippen molar-refractivity contribution in [2.45, 2.75) is 0 Å². The maximum atomic E-state index is 6.56. The van der Waals surface area contributed by atoms with E-state index in [0.29, 0.717) is 0 Å². The van der Waals surface area contributed by atoms with Gasteiger partial charge in [-0.15, -0.1) is 11.3 Å². The van der Waals surface area contributed by atoms with Crippen molar-refractivity contribution in [3.63, 3.8) is 0 Å². The molecule has 0 aliphatic rings. The summed E-state index contributed by atoms with van der Waals surface area (Å²) in [5, 5.41) is 4.82. The Balaban J connectivity index is 1.33. The van der Waals surface area contributed by atoms with E-state index in [9.17, 15) is 0 Å². The molecule has 0 aliphatic heterocycles. The van der Waals surface area contributed by atoms with Gasteiger partial charge in [-0.05, 0) is 33.9 Å². The normalized spacial score (nSPS) is 11.5. The second-order valence-corrected chi connectivity index (χ2v) is 12.6. The minimum Gasteiger partial charge on any atom is -0.455 e. The van der Waals surface area contributed by atoms with Gasteiger partial charge in [-0.2, -0.15) is 0 Å². The van der Waals surface area contributed by atoms with Gasteiger partial charge in [-0.3, -0.25) is 0 Å². The minimum atomic E-state index is 0.910. The molecule has 0 saturated carbocycles. The van der Waals surface area contributed by atoms with Crippen molar-refractivity contribution in [1.82, 2.24) is 0 Å². The van der Waals surface area contributed by atoms with Crippen LogP contribution in [0, 0.1) is 0 Å². The lowest BCUT2D eigenvalue weighted by molar-refractivity contribution is 0.670. The van der Waals surface area contributed by atoms with Crippen molar-refractivity contribution < 1.29 is 4.42 Å². The molecule has 0 radical (unpaired) electrons. The van der Waals surface area contributed by atoms with Crippen LogP contribution in [0.5, 0.6) is 0 Å². The van der Waals surface area contributed by atoms with Crippen molar-refractivity contribution in [3.05, 3.63) is 170 Å². The van der Waals surface area contributed by atoms with Crippen LogP contribution in [0.1, 0.15) is 0 Å². The third-order valence-corrected chi connectivity index (χ3v) is 10.2. The summed E-state index contributed by atoms with van der Waals surface area (Å²) in [5.41, 5.74) is 11.4. The summed E-state index contributed by atoms with van der Waals surface area (Å²) < 4.78 is 6.56. The number of para-hydroxylation sites is 2. The Morgan fingerprint density at radius 3 is 1.59 bits per heavy atom. The molecule has 0 aliphatic carbocycles. The highest BCUT2D eigenvalue weighted by molar-refractivity contribution is 7.21. The van der Waals surface area contributed by atoms with Crippen molar-refractivity contribution in [3.8, 4) is 54.3 Å². The molecule has 1 nitrogen and oxygen atoms in total. The summed E-state index contributed by atoms with van der Waals surface area (Å²) in [5.74, 6) is 0. The number of furan rings is 1. The molecule has 2 aromatic heterocycles. The molecular formula is C44H28OS. The van der Waals surface area contributed by atoms with Crippen LogP contribution in [0.3, 0.4) is 0 Å². The summed E-state index contributed by atoms with van der Waals surface area (Å²) in [7, 11) is 0. The van der Waals surface area contributed by atoms with E-state index >= 15 is 0 Å². The highest BCUT2D eigenvalue weighted by Gasteiger charge is 2.22. The molecule has 2 heterocycles. The third-order valence-electron chi connectivity index (χ3n) is 8.94.